The third kappa shape index (κ3) is 2.42. The molecule has 1 aromatic heterocycles. The topological polar surface area (TPSA) is 12.9 Å². The second kappa shape index (κ2) is 5.16. The minimum Gasteiger partial charge on any atom is -0.256 e. The summed E-state index contributed by atoms with van der Waals surface area (Å²) in [6.07, 6.45) is 9.04. The standard InChI is InChI=1S/C18H20N/c1-3-14-11-15-6-4-5-7-16(15)17(12-14)18-10-13(2)8-9-19-18/h6,8-12H,3-5,7H2,1-2H3. The largest absolute Gasteiger partial charge is 0.256 e. The second-order valence-corrected chi connectivity index (χ2v) is 5.38. The highest BCUT2D eigenvalue weighted by molar-refractivity contribution is 5.68. The van der Waals surface area contributed by atoms with Crippen LogP contribution < -0.4 is 0 Å². The number of pyridine rings is 1. The van der Waals surface area contributed by atoms with Crippen molar-refractivity contribution in [3.8, 4) is 11.3 Å². The van der Waals surface area contributed by atoms with E-state index >= 15 is 0 Å². The molecule has 3 rings (SSSR count). The second-order valence-electron chi connectivity index (χ2n) is 5.38. The Morgan fingerprint density at radius 2 is 2.11 bits per heavy atom. The van der Waals surface area contributed by atoms with Gasteiger partial charge >= 0.3 is 0 Å². The Hall–Kier alpha value is -1.63. The highest BCUT2D eigenvalue weighted by Crippen LogP contribution is 2.33. The molecule has 0 unspecified atom stereocenters. The maximum atomic E-state index is 4.58. The Kier molecular flexibility index (Phi) is 3.37. The zero-order valence-corrected chi connectivity index (χ0v) is 11.7. The number of aromatic nitrogens is 1. The first-order valence-corrected chi connectivity index (χ1v) is 7.20. The number of hydrogen-bond acceptors (Lipinski definition) is 1. The van der Waals surface area contributed by atoms with Crippen molar-refractivity contribution in [3.05, 3.63) is 59.1 Å². The molecule has 0 atom stereocenters. The number of nitrogens with zero attached hydrogens (tertiary/aromatic N) is 1. The van der Waals surface area contributed by atoms with Gasteiger partial charge < -0.3 is 0 Å². The summed E-state index contributed by atoms with van der Waals surface area (Å²) in [5.41, 5.74) is 8.08. The van der Waals surface area contributed by atoms with Crippen molar-refractivity contribution in [2.24, 2.45) is 0 Å². The predicted molar refractivity (Wildman–Crippen MR) is 80.1 cm³/mol. The SMILES string of the molecule is CCc1cc2c(c(-c3cc(C)ccn3)c1)CCC[CH]2. The fraction of sp³-hybridized carbons (Fsp3) is 0.333. The summed E-state index contributed by atoms with van der Waals surface area (Å²) in [4.78, 5) is 4.58. The molecule has 0 amide bonds. The lowest BCUT2D eigenvalue weighted by molar-refractivity contribution is 0.774. The molecule has 1 heterocycles. The van der Waals surface area contributed by atoms with Gasteiger partial charge in [0.05, 0.1) is 5.69 Å². The Bertz CT molecular complexity index is 599. The van der Waals surface area contributed by atoms with Crippen LogP contribution >= 0.6 is 0 Å². The van der Waals surface area contributed by atoms with Crippen molar-refractivity contribution >= 4 is 0 Å². The molecular formula is C18H20N. The minimum absolute atomic E-state index is 1.08. The van der Waals surface area contributed by atoms with Crippen LogP contribution in [0.25, 0.3) is 11.3 Å². The molecule has 19 heavy (non-hydrogen) atoms. The van der Waals surface area contributed by atoms with E-state index in [9.17, 15) is 0 Å². The summed E-state index contributed by atoms with van der Waals surface area (Å²) in [5, 5.41) is 0. The molecule has 0 spiro atoms. The monoisotopic (exact) mass is 250 g/mol. The summed E-state index contributed by atoms with van der Waals surface area (Å²) in [6, 6.07) is 8.95. The summed E-state index contributed by atoms with van der Waals surface area (Å²) >= 11 is 0. The van der Waals surface area contributed by atoms with Gasteiger partial charge in [-0.15, -0.1) is 0 Å². The molecule has 1 nitrogen and oxygen atoms in total. The van der Waals surface area contributed by atoms with Crippen LogP contribution in [0, 0.1) is 13.3 Å². The third-order valence-electron chi connectivity index (χ3n) is 3.94. The summed E-state index contributed by atoms with van der Waals surface area (Å²) in [7, 11) is 0. The van der Waals surface area contributed by atoms with Crippen molar-refractivity contribution in [2.45, 2.75) is 39.5 Å². The van der Waals surface area contributed by atoms with Crippen LogP contribution in [0.5, 0.6) is 0 Å². The summed E-state index contributed by atoms with van der Waals surface area (Å²) in [6.45, 7) is 4.35. The fourth-order valence-electron chi connectivity index (χ4n) is 2.87. The van der Waals surface area contributed by atoms with Gasteiger partial charge in [0.1, 0.15) is 0 Å². The first-order chi connectivity index (χ1) is 9.28. The molecule has 1 aliphatic rings. The van der Waals surface area contributed by atoms with Gasteiger partial charge in [-0.05, 0) is 79.5 Å². The van der Waals surface area contributed by atoms with Gasteiger partial charge in [-0.2, -0.15) is 0 Å². The van der Waals surface area contributed by atoms with Crippen molar-refractivity contribution in [1.82, 2.24) is 4.98 Å². The molecular weight excluding hydrogens is 230 g/mol. The number of fused-ring (bicyclic) bond motifs is 1. The smallest absolute Gasteiger partial charge is 0.0707 e. The van der Waals surface area contributed by atoms with Gasteiger partial charge in [-0.25, -0.2) is 0 Å². The van der Waals surface area contributed by atoms with Crippen LogP contribution in [0.3, 0.4) is 0 Å². The molecule has 0 aliphatic heterocycles. The van der Waals surface area contributed by atoms with E-state index in [4.69, 9.17) is 0 Å². The fourth-order valence-corrected chi connectivity index (χ4v) is 2.87. The highest BCUT2D eigenvalue weighted by Gasteiger charge is 2.16. The highest BCUT2D eigenvalue weighted by atomic mass is 14.7. The number of benzene rings is 1. The molecule has 1 heteroatoms. The van der Waals surface area contributed by atoms with Gasteiger partial charge in [0.25, 0.3) is 0 Å². The van der Waals surface area contributed by atoms with Crippen molar-refractivity contribution < 1.29 is 0 Å². The van der Waals surface area contributed by atoms with Crippen LogP contribution in [-0.2, 0) is 12.8 Å². The quantitative estimate of drug-likeness (QED) is 0.764. The molecule has 0 saturated carbocycles. The Morgan fingerprint density at radius 3 is 2.89 bits per heavy atom. The normalized spacial score (nSPS) is 14.2. The lowest BCUT2D eigenvalue weighted by Gasteiger charge is -2.20. The Balaban J connectivity index is 2.18. The Labute approximate surface area is 115 Å². The van der Waals surface area contributed by atoms with E-state index in [1.54, 1.807) is 0 Å². The lowest BCUT2D eigenvalue weighted by atomic mass is 9.85. The minimum atomic E-state index is 1.08. The van der Waals surface area contributed by atoms with E-state index in [-0.39, 0.29) is 0 Å². The van der Waals surface area contributed by atoms with Crippen LogP contribution in [0.4, 0.5) is 0 Å². The molecule has 1 radical (unpaired) electrons. The molecule has 2 aromatic rings. The molecule has 0 fully saturated rings. The van der Waals surface area contributed by atoms with E-state index < -0.39 is 0 Å². The van der Waals surface area contributed by atoms with E-state index in [0.29, 0.717) is 0 Å². The van der Waals surface area contributed by atoms with Crippen LogP contribution in [0.15, 0.2) is 30.5 Å². The number of hydrogen-bond donors (Lipinski definition) is 0. The Morgan fingerprint density at radius 1 is 1.21 bits per heavy atom. The van der Waals surface area contributed by atoms with E-state index in [1.807, 2.05) is 6.20 Å². The maximum absolute atomic E-state index is 4.58. The van der Waals surface area contributed by atoms with E-state index in [1.165, 1.54) is 47.1 Å². The van der Waals surface area contributed by atoms with E-state index in [2.05, 4.69) is 49.5 Å². The van der Waals surface area contributed by atoms with E-state index in [0.717, 1.165) is 12.1 Å². The van der Waals surface area contributed by atoms with Gasteiger partial charge in [-0.3, -0.25) is 4.98 Å². The van der Waals surface area contributed by atoms with Gasteiger partial charge in [0.15, 0.2) is 0 Å². The first kappa shape index (κ1) is 12.4. The molecule has 1 aromatic carbocycles. The zero-order chi connectivity index (χ0) is 13.2. The molecule has 0 saturated heterocycles. The van der Waals surface area contributed by atoms with Crippen LogP contribution in [-0.4, -0.2) is 4.98 Å². The van der Waals surface area contributed by atoms with Crippen molar-refractivity contribution in [1.29, 1.82) is 0 Å². The van der Waals surface area contributed by atoms with Gasteiger partial charge in [0, 0.05) is 11.8 Å². The zero-order valence-electron chi connectivity index (χ0n) is 11.7. The lowest BCUT2D eigenvalue weighted by Crippen LogP contribution is -2.05. The van der Waals surface area contributed by atoms with Crippen LogP contribution in [0.1, 0.15) is 42.0 Å². The molecule has 0 N–H and O–H groups in total. The third-order valence-corrected chi connectivity index (χ3v) is 3.94. The molecule has 1 aliphatic carbocycles. The van der Waals surface area contributed by atoms with Crippen molar-refractivity contribution in [3.63, 3.8) is 0 Å². The van der Waals surface area contributed by atoms with Crippen LogP contribution in [0.2, 0.25) is 0 Å². The average Bonchev–Trinajstić information content (AvgIpc) is 2.46. The van der Waals surface area contributed by atoms with Crippen molar-refractivity contribution in [2.75, 3.05) is 0 Å². The van der Waals surface area contributed by atoms with Gasteiger partial charge in [-0.1, -0.05) is 13.0 Å². The number of aryl methyl sites for hydroxylation is 2. The average molecular weight is 250 g/mol. The van der Waals surface area contributed by atoms with Gasteiger partial charge in [0.2, 0.25) is 0 Å². The number of rotatable bonds is 2. The maximum Gasteiger partial charge on any atom is 0.0707 e. The summed E-state index contributed by atoms with van der Waals surface area (Å²) in [5.74, 6) is 0. The first-order valence-electron chi connectivity index (χ1n) is 7.20. The predicted octanol–water partition coefficient (Wildman–Crippen LogP) is 4.51. The summed E-state index contributed by atoms with van der Waals surface area (Å²) < 4.78 is 0. The molecule has 0 bridgehead atoms. The molecule has 97 valence electrons.